The summed E-state index contributed by atoms with van der Waals surface area (Å²) in [6.07, 6.45) is 1.36. The molecule has 2 aliphatic rings. The van der Waals surface area contributed by atoms with Gasteiger partial charge in [-0.2, -0.15) is 0 Å². The van der Waals surface area contributed by atoms with Crippen LogP contribution in [0.3, 0.4) is 0 Å². The molecule has 3 heterocycles. The summed E-state index contributed by atoms with van der Waals surface area (Å²) in [5.41, 5.74) is 0. The number of ether oxygens (including phenoxy) is 1. The van der Waals surface area contributed by atoms with Gasteiger partial charge < -0.3 is 14.1 Å². The highest BCUT2D eigenvalue weighted by atomic mass is 16.5. The largest absolute Gasteiger partial charge is 0.424 e. The Morgan fingerprint density at radius 2 is 1.91 bits per heavy atom. The summed E-state index contributed by atoms with van der Waals surface area (Å²) in [7, 11) is 0. The third-order valence-corrected chi connectivity index (χ3v) is 4.71. The molecule has 6 nitrogen and oxygen atoms in total. The Hall–Kier alpha value is -0.980. The Labute approximate surface area is 132 Å². The summed E-state index contributed by atoms with van der Waals surface area (Å²) in [6.45, 7) is 13.5. The number of hydrogen-bond donors (Lipinski definition) is 0. The van der Waals surface area contributed by atoms with Crippen molar-refractivity contribution >= 4 is 0 Å². The molecule has 1 aromatic rings. The van der Waals surface area contributed by atoms with Crippen LogP contribution in [0.4, 0.5) is 0 Å². The Bertz CT molecular complexity index is 468. The topological polar surface area (TPSA) is 54.6 Å². The van der Waals surface area contributed by atoms with E-state index in [4.69, 9.17) is 9.15 Å². The fraction of sp³-hybridized carbons (Fsp3) is 0.875. The van der Waals surface area contributed by atoms with Gasteiger partial charge in [-0.1, -0.05) is 13.8 Å². The Balaban J connectivity index is 1.57. The smallest absolute Gasteiger partial charge is 0.235 e. The third kappa shape index (κ3) is 3.86. The van der Waals surface area contributed by atoms with Crippen molar-refractivity contribution in [1.82, 2.24) is 20.0 Å². The molecule has 2 saturated heterocycles. The van der Waals surface area contributed by atoms with E-state index < -0.39 is 0 Å². The van der Waals surface area contributed by atoms with Gasteiger partial charge in [-0.15, -0.1) is 10.2 Å². The molecule has 2 fully saturated rings. The van der Waals surface area contributed by atoms with E-state index in [1.165, 1.54) is 19.5 Å². The van der Waals surface area contributed by atoms with E-state index in [-0.39, 0.29) is 6.04 Å². The lowest BCUT2D eigenvalue weighted by atomic mass is 9.92. The fourth-order valence-electron chi connectivity index (χ4n) is 3.82. The van der Waals surface area contributed by atoms with Gasteiger partial charge >= 0.3 is 0 Å². The monoisotopic (exact) mass is 308 g/mol. The Kier molecular flexibility index (Phi) is 5.10. The molecule has 3 atom stereocenters. The predicted octanol–water partition coefficient (Wildman–Crippen LogP) is 1.73. The molecule has 0 spiro atoms. The van der Waals surface area contributed by atoms with E-state index in [0.717, 1.165) is 38.1 Å². The van der Waals surface area contributed by atoms with Crippen LogP contribution in [0.1, 0.15) is 38.1 Å². The maximum atomic E-state index is 5.62. The zero-order valence-electron chi connectivity index (χ0n) is 14.0. The molecule has 3 rings (SSSR count). The minimum atomic E-state index is 0.106. The van der Waals surface area contributed by atoms with Crippen molar-refractivity contribution in [3.8, 4) is 0 Å². The number of piperidine rings is 1. The van der Waals surface area contributed by atoms with Crippen LogP contribution in [0.2, 0.25) is 0 Å². The zero-order chi connectivity index (χ0) is 15.5. The van der Waals surface area contributed by atoms with Crippen molar-refractivity contribution in [3.05, 3.63) is 11.8 Å². The first-order valence-electron chi connectivity index (χ1n) is 8.46. The van der Waals surface area contributed by atoms with Gasteiger partial charge in [0.05, 0.1) is 13.2 Å². The normalized spacial score (nSPS) is 31.5. The van der Waals surface area contributed by atoms with E-state index in [2.05, 4.69) is 33.8 Å². The summed E-state index contributed by atoms with van der Waals surface area (Å²) in [6, 6.07) is 0.106. The molecule has 0 unspecified atom stereocenters. The number of rotatable bonds is 4. The average molecular weight is 308 g/mol. The van der Waals surface area contributed by atoms with Gasteiger partial charge in [0, 0.05) is 39.6 Å². The van der Waals surface area contributed by atoms with Crippen molar-refractivity contribution in [1.29, 1.82) is 0 Å². The van der Waals surface area contributed by atoms with Crippen LogP contribution in [0.25, 0.3) is 0 Å². The molecule has 0 radical (unpaired) electrons. The first-order valence-corrected chi connectivity index (χ1v) is 8.46. The maximum Gasteiger partial charge on any atom is 0.235 e. The molecule has 0 bridgehead atoms. The summed E-state index contributed by atoms with van der Waals surface area (Å²) in [4.78, 5) is 5.03. The number of aryl methyl sites for hydroxylation is 1. The number of aromatic nitrogens is 2. The van der Waals surface area contributed by atoms with E-state index >= 15 is 0 Å². The van der Waals surface area contributed by atoms with E-state index in [1.807, 2.05) is 6.92 Å². The second-order valence-corrected chi connectivity index (χ2v) is 6.99. The van der Waals surface area contributed by atoms with Crippen LogP contribution in [-0.4, -0.2) is 65.9 Å². The van der Waals surface area contributed by atoms with Crippen molar-refractivity contribution in [3.63, 3.8) is 0 Å². The lowest BCUT2D eigenvalue weighted by Crippen LogP contribution is -2.46. The van der Waals surface area contributed by atoms with Gasteiger partial charge in [-0.3, -0.25) is 4.90 Å². The highest BCUT2D eigenvalue weighted by molar-refractivity contribution is 4.92. The van der Waals surface area contributed by atoms with E-state index in [9.17, 15) is 0 Å². The van der Waals surface area contributed by atoms with Crippen LogP contribution in [0.15, 0.2) is 4.42 Å². The quantitative estimate of drug-likeness (QED) is 0.844. The van der Waals surface area contributed by atoms with E-state index in [1.54, 1.807) is 0 Å². The number of morpholine rings is 1. The van der Waals surface area contributed by atoms with Crippen LogP contribution in [-0.2, 0) is 4.74 Å². The lowest BCUT2D eigenvalue weighted by Gasteiger charge is -2.38. The molecule has 0 amide bonds. The van der Waals surface area contributed by atoms with E-state index in [0.29, 0.717) is 18.4 Å². The Morgan fingerprint density at radius 3 is 2.59 bits per heavy atom. The summed E-state index contributed by atoms with van der Waals surface area (Å²) in [5, 5.41) is 8.14. The molecule has 2 aliphatic heterocycles. The molecule has 22 heavy (non-hydrogen) atoms. The molecule has 0 saturated carbocycles. The van der Waals surface area contributed by atoms with Crippen molar-refractivity contribution in [2.24, 2.45) is 11.8 Å². The first kappa shape index (κ1) is 15.9. The number of hydrogen-bond acceptors (Lipinski definition) is 6. The molecule has 1 aromatic heterocycles. The van der Waals surface area contributed by atoms with Crippen molar-refractivity contribution in [2.45, 2.75) is 33.2 Å². The molecular formula is C16H28N4O2. The van der Waals surface area contributed by atoms with Crippen molar-refractivity contribution in [2.75, 3.05) is 45.9 Å². The predicted molar refractivity (Wildman–Crippen MR) is 83.6 cm³/mol. The van der Waals surface area contributed by atoms with Crippen LogP contribution in [0, 0.1) is 18.8 Å². The molecule has 124 valence electrons. The minimum Gasteiger partial charge on any atom is -0.424 e. The summed E-state index contributed by atoms with van der Waals surface area (Å²) in [5.74, 6) is 2.93. The summed E-state index contributed by atoms with van der Waals surface area (Å²) >= 11 is 0. The number of likely N-dealkylation sites (tertiary alicyclic amines) is 1. The molecule has 6 heteroatoms. The van der Waals surface area contributed by atoms with Gasteiger partial charge in [0.2, 0.25) is 11.8 Å². The van der Waals surface area contributed by atoms with Gasteiger partial charge in [0.15, 0.2) is 0 Å². The van der Waals surface area contributed by atoms with Gasteiger partial charge in [0.25, 0.3) is 0 Å². The maximum absolute atomic E-state index is 5.62. The second-order valence-electron chi connectivity index (χ2n) is 6.99. The first-order chi connectivity index (χ1) is 10.6. The summed E-state index contributed by atoms with van der Waals surface area (Å²) < 4.78 is 11.2. The minimum absolute atomic E-state index is 0.106. The highest BCUT2D eigenvalue weighted by Crippen LogP contribution is 2.24. The van der Waals surface area contributed by atoms with Gasteiger partial charge in [0.1, 0.15) is 6.04 Å². The molecule has 0 aliphatic carbocycles. The molecule has 0 N–H and O–H groups in total. The van der Waals surface area contributed by atoms with Crippen LogP contribution < -0.4 is 0 Å². The zero-order valence-corrected chi connectivity index (χ0v) is 14.0. The lowest BCUT2D eigenvalue weighted by molar-refractivity contribution is -0.0239. The van der Waals surface area contributed by atoms with Crippen LogP contribution in [0.5, 0.6) is 0 Å². The van der Waals surface area contributed by atoms with Gasteiger partial charge in [-0.25, -0.2) is 0 Å². The average Bonchev–Trinajstić information content (AvgIpc) is 2.91. The van der Waals surface area contributed by atoms with Crippen molar-refractivity contribution < 1.29 is 9.15 Å². The Morgan fingerprint density at radius 1 is 1.14 bits per heavy atom. The number of nitrogens with zero attached hydrogens (tertiary/aromatic N) is 4. The van der Waals surface area contributed by atoms with Crippen LogP contribution >= 0.6 is 0 Å². The standard InChI is InChI=1S/C16H28N4O2/c1-12-8-13(2)10-19(9-12)4-5-20-6-7-21-11-15(20)16-18-17-14(3)22-16/h12-13,15H,4-11H2,1-3H3/t12-,13-,15+/m1/s1. The fourth-order valence-corrected chi connectivity index (χ4v) is 3.82. The molecular weight excluding hydrogens is 280 g/mol. The third-order valence-electron chi connectivity index (χ3n) is 4.71. The SMILES string of the molecule is Cc1nnc([C@@H]2COCCN2CCN2C[C@H](C)C[C@@H](C)C2)o1. The second kappa shape index (κ2) is 7.06. The molecule has 0 aromatic carbocycles. The van der Waals surface area contributed by atoms with Gasteiger partial charge in [-0.05, 0) is 18.3 Å². The highest BCUT2D eigenvalue weighted by Gasteiger charge is 2.30.